The number of aromatic nitrogens is 2. The molecule has 0 amide bonds. The van der Waals surface area contributed by atoms with Crippen LogP contribution in [-0.2, 0) is 30.8 Å². The van der Waals surface area contributed by atoms with Crippen molar-refractivity contribution in [3.8, 4) is 0 Å². The SMILES string of the molecule is CCOC(=O)c1nn(CCO)c2c1CN(Cc1ccsc1)CC2. The lowest BCUT2D eigenvalue weighted by atomic mass is 10.0. The maximum atomic E-state index is 12.2. The summed E-state index contributed by atoms with van der Waals surface area (Å²) in [4.78, 5) is 14.5. The molecule has 1 aliphatic heterocycles. The average molecular weight is 335 g/mol. The molecule has 6 nitrogen and oxygen atoms in total. The first kappa shape index (κ1) is 16.2. The van der Waals surface area contributed by atoms with Crippen molar-refractivity contribution in [3.05, 3.63) is 39.3 Å². The smallest absolute Gasteiger partial charge is 0.359 e. The Balaban J connectivity index is 1.84. The molecule has 0 bridgehead atoms. The summed E-state index contributed by atoms with van der Waals surface area (Å²) in [6, 6.07) is 2.13. The van der Waals surface area contributed by atoms with E-state index in [2.05, 4.69) is 26.8 Å². The molecule has 0 unspecified atom stereocenters. The van der Waals surface area contributed by atoms with Crippen LogP contribution in [0, 0.1) is 0 Å². The average Bonchev–Trinajstić information content (AvgIpc) is 3.16. The number of esters is 1. The molecule has 124 valence electrons. The number of aliphatic hydroxyl groups is 1. The minimum absolute atomic E-state index is 0.00893. The highest BCUT2D eigenvalue weighted by atomic mass is 32.1. The Kier molecular flexibility index (Phi) is 5.09. The number of fused-ring (bicyclic) bond motifs is 1. The highest BCUT2D eigenvalue weighted by Gasteiger charge is 2.28. The molecule has 0 aromatic carbocycles. The summed E-state index contributed by atoms with van der Waals surface area (Å²) in [7, 11) is 0. The van der Waals surface area contributed by atoms with Gasteiger partial charge in [-0.05, 0) is 29.3 Å². The second kappa shape index (κ2) is 7.25. The fourth-order valence-electron chi connectivity index (χ4n) is 2.97. The summed E-state index contributed by atoms with van der Waals surface area (Å²) in [5.74, 6) is -0.377. The van der Waals surface area contributed by atoms with Crippen molar-refractivity contribution in [3.63, 3.8) is 0 Å². The molecule has 0 saturated heterocycles. The van der Waals surface area contributed by atoms with Gasteiger partial charge in [0.25, 0.3) is 0 Å². The lowest BCUT2D eigenvalue weighted by Crippen LogP contribution is -2.31. The summed E-state index contributed by atoms with van der Waals surface area (Å²) in [5.41, 5.74) is 3.67. The van der Waals surface area contributed by atoms with Crippen molar-refractivity contribution in [2.24, 2.45) is 0 Å². The predicted octanol–water partition coefficient (Wildman–Crippen LogP) is 1.67. The second-order valence-electron chi connectivity index (χ2n) is 5.53. The number of rotatable bonds is 6. The number of ether oxygens (including phenoxy) is 1. The number of aliphatic hydroxyl groups excluding tert-OH is 1. The monoisotopic (exact) mass is 335 g/mol. The molecule has 2 aromatic heterocycles. The first-order chi connectivity index (χ1) is 11.2. The van der Waals surface area contributed by atoms with Crippen molar-refractivity contribution < 1.29 is 14.6 Å². The zero-order valence-corrected chi connectivity index (χ0v) is 14.0. The topological polar surface area (TPSA) is 67.6 Å². The van der Waals surface area contributed by atoms with Crippen LogP contribution in [0.1, 0.15) is 34.2 Å². The molecule has 23 heavy (non-hydrogen) atoms. The van der Waals surface area contributed by atoms with Crippen LogP contribution < -0.4 is 0 Å². The van der Waals surface area contributed by atoms with E-state index in [0.29, 0.717) is 25.4 Å². The van der Waals surface area contributed by atoms with Crippen LogP contribution >= 0.6 is 11.3 Å². The Hall–Kier alpha value is -1.70. The molecule has 0 fully saturated rings. The number of carbonyl (C=O) groups is 1. The van der Waals surface area contributed by atoms with Gasteiger partial charge in [0.1, 0.15) is 0 Å². The molecule has 1 aliphatic rings. The van der Waals surface area contributed by atoms with Crippen LogP contribution in [0.15, 0.2) is 16.8 Å². The molecule has 0 saturated carbocycles. The maximum Gasteiger partial charge on any atom is 0.359 e. The number of hydrogen-bond acceptors (Lipinski definition) is 6. The first-order valence-corrected chi connectivity index (χ1v) is 8.77. The van der Waals surface area contributed by atoms with Gasteiger partial charge in [0.2, 0.25) is 0 Å². The summed E-state index contributed by atoms with van der Waals surface area (Å²) in [6.07, 6.45) is 0.825. The van der Waals surface area contributed by atoms with Gasteiger partial charge in [-0.15, -0.1) is 0 Å². The summed E-state index contributed by atoms with van der Waals surface area (Å²) < 4.78 is 6.89. The van der Waals surface area contributed by atoms with Crippen LogP contribution in [0.5, 0.6) is 0 Å². The Morgan fingerprint density at radius 1 is 1.52 bits per heavy atom. The summed E-state index contributed by atoms with van der Waals surface area (Å²) >= 11 is 1.69. The molecule has 3 rings (SSSR count). The van der Waals surface area contributed by atoms with E-state index >= 15 is 0 Å². The van der Waals surface area contributed by atoms with Crippen LogP contribution in [0.3, 0.4) is 0 Å². The van der Waals surface area contributed by atoms with Gasteiger partial charge < -0.3 is 9.84 Å². The van der Waals surface area contributed by atoms with Crippen molar-refractivity contribution in [1.29, 1.82) is 0 Å². The summed E-state index contributed by atoms with van der Waals surface area (Å²) in [5, 5.41) is 17.8. The van der Waals surface area contributed by atoms with Crippen LogP contribution in [-0.4, -0.2) is 45.5 Å². The standard InChI is InChI=1S/C16H21N3O3S/c1-2-22-16(21)15-13-10-18(9-12-4-8-23-11-12)5-3-14(13)19(17-15)6-7-20/h4,8,11,20H,2-3,5-7,9-10H2,1H3. The lowest BCUT2D eigenvalue weighted by molar-refractivity contribution is 0.0515. The zero-order valence-electron chi connectivity index (χ0n) is 13.2. The Labute approximate surface area is 139 Å². The molecular weight excluding hydrogens is 314 g/mol. The van der Waals surface area contributed by atoms with Gasteiger partial charge in [0.05, 0.1) is 19.8 Å². The molecular formula is C16H21N3O3S. The highest BCUT2D eigenvalue weighted by molar-refractivity contribution is 7.07. The zero-order chi connectivity index (χ0) is 16.2. The van der Waals surface area contributed by atoms with Gasteiger partial charge in [0, 0.05) is 37.3 Å². The highest BCUT2D eigenvalue weighted by Crippen LogP contribution is 2.25. The quantitative estimate of drug-likeness (QED) is 0.814. The minimum atomic E-state index is -0.377. The van der Waals surface area contributed by atoms with E-state index in [4.69, 9.17) is 4.74 Å². The van der Waals surface area contributed by atoms with Crippen LogP contribution in [0.2, 0.25) is 0 Å². The van der Waals surface area contributed by atoms with E-state index < -0.39 is 0 Å². The molecule has 7 heteroatoms. The minimum Gasteiger partial charge on any atom is -0.461 e. The van der Waals surface area contributed by atoms with E-state index in [0.717, 1.165) is 30.8 Å². The third-order valence-electron chi connectivity index (χ3n) is 3.98. The fourth-order valence-corrected chi connectivity index (χ4v) is 3.63. The third-order valence-corrected chi connectivity index (χ3v) is 4.71. The number of carbonyl (C=O) groups excluding carboxylic acids is 1. The van der Waals surface area contributed by atoms with Crippen molar-refractivity contribution in [2.75, 3.05) is 19.8 Å². The second-order valence-corrected chi connectivity index (χ2v) is 6.31. The molecule has 0 atom stereocenters. The number of nitrogens with zero attached hydrogens (tertiary/aromatic N) is 3. The third kappa shape index (κ3) is 3.46. The predicted molar refractivity (Wildman–Crippen MR) is 87.4 cm³/mol. The fraction of sp³-hybridized carbons (Fsp3) is 0.500. The maximum absolute atomic E-state index is 12.2. The van der Waals surface area contributed by atoms with E-state index in [1.165, 1.54) is 5.56 Å². The number of hydrogen-bond donors (Lipinski definition) is 1. The van der Waals surface area contributed by atoms with Gasteiger partial charge in [-0.2, -0.15) is 16.4 Å². The van der Waals surface area contributed by atoms with E-state index in [1.807, 2.05) is 0 Å². The molecule has 0 radical (unpaired) electrons. The van der Waals surface area contributed by atoms with Crippen molar-refractivity contribution in [1.82, 2.24) is 14.7 Å². The molecule has 0 spiro atoms. The Morgan fingerprint density at radius 2 is 2.39 bits per heavy atom. The molecule has 1 N–H and O–H groups in total. The normalized spacial score (nSPS) is 14.7. The van der Waals surface area contributed by atoms with Gasteiger partial charge in [-0.25, -0.2) is 4.79 Å². The molecule has 0 aliphatic carbocycles. The van der Waals surface area contributed by atoms with Crippen LogP contribution in [0.25, 0.3) is 0 Å². The summed E-state index contributed by atoms with van der Waals surface area (Å²) in [6.45, 7) is 5.02. The van der Waals surface area contributed by atoms with Gasteiger partial charge in [0.15, 0.2) is 5.69 Å². The number of thiophene rings is 1. The van der Waals surface area contributed by atoms with E-state index in [1.54, 1.807) is 22.9 Å². The lowest BCUT2D eigenvalue weighted by Gasteiger charge is -2.27. The largest absolute Gasteiger partial charge is 0.461 e. The van der Waals surface area contributed by atoms with E-state index in [-0.39, 0.29) is 12.6 Å². The first-order valence-electron chi connectivity index (χ1n) is 7.83. The van der Waals surface area contributed by atoms with Gasteiger partial charge >= 0.3 is 5.97 Å². The van der Waals surface area contributed by atoms with Gasteiger partial charge in [-0.3, -0.25) is 9.58 Å². The molecule has 3 heterocycles. The molecule has 2 aromatic rings. The van der Waals surface area contributed by atoms with Crippen molar-refractivity contribution >= 4 is 17.3 Å². The Bertz CT molecular complexity index is 666. The van der Waals surface area contributed by atoms with Crippen molar-refractivity contribution in [2.45, 2.75) is 33.0 Å². The van der Waals surface area contributed by atoms with E-state index in [9.17, 15) is 9.90 Å². The van der Waals surface area contributed by atoms with Gasteiger partial charge in [-0.1, -0.05) is 0 Å². The van der Waals surface area contributed by atoms with Crippen LogP contribution in [0.4, 0.5) is 0 Å². The Morgan fingerprint density at radius 3 is 3.09 bits per heavy atom.